The Hall–Kier alpha value is -2.17. The average Bonchev–Trinajstić information content (AvgIpc) is 2.29. The van der Waals surface area contributed by atoms with Gasteiger partial charge >= 0.3 is 6.09 Å². The van der Waals surface area contributed by atoms with E-state index in [1.54, 1.807) is 18.2 Å². The predicted molar refractivity (Wildman–Crippen MR) is 58.4 cm³/mol. The molecule has 1 N–H and O–H groups in total. The first-order valence-corrected chi connectivity index (χ1v) is 4.68. The van der Waals surface area contributed by atoms with E-state index in [4.69, 9.17) is 5.11 Å². The van der Waals surface area contributed by atoms with Crippen LogP contribution in [0.4, 0.5) is 4.79 Å². The lowest BCUT2D eigenvalue weighted by atomic mass is 10.2. The molecule has 5 nitrogen and oxygen atoms in total. The van der Waals surface area contributed by atoms with Gasteiger partial charge < -0.3 is 5.11 Å². The van der Waals surface area contributed by atoms with Gasteiger partial charge in [-0.3, -0.25) is 14.7 Å². The molecule has 0 saturated carbocycles. The summed E-state index contributed by atoms with van der Waals surface area (Å²) in [5.41, 5.74) is 0.262. The first kappa shape index (κ1) is 11.9. The van der Waals surface area contributed by atoms with E-state index >= 15 is 0 Å². The minimum atomic E-state index is -1.15. The maximum atomic E-state index is 11.6. The van der Waals surface area contributed by atoms with Crippen molar-refractivity contribution < 1.29 is 14.7 Å². The van der Waals surface area contributed by atoms with Gasteiger partial charge in [0.05, 0.1) is 6.54 Å². The Bertz CT molecular complexity index is 389. The van der Waals surface area contributed by atoms with Crippen molar-refractivity contribution in [3.63, 3.8) is 0 Å². The molecule has 0 aliphatic heterocycles. The van der Waals surface area contributed by atoms with E-state index in [1.807, 2.05) is 0 Å². The van der Waals surface area contributed by atoms with E-state index in [0.717, 1.165) is 4.90 Å². The first-order chi connectivity index (χ1) is 7.65. The number of hydrogen-bond acceptors (Lipinski definition) is 3. The summed E-state index contributed by atoms with van der Waals surface area (Å²) in [5, 5.41) is 8.81. The highest BCUT2D eigenvalue weighted by molar-refractivity contribution is 5.97. The molecule has 0 aromatic carbocycles. The number of amides is 1. The molecule has 0 bridgehead atoms. The zero-order valence-corrected chi connectivity index (χ0v) is 8.67. The van der Waals surface area contributed by atoms with Crippen LogP contribution in [0.5, 0.6) is 0 Å². The highest BCUT2D eigenvalue weighted by Gasteiger charge is 2.16. The number of hydrogen-bond donors (Lipinski definition) is 1. The lowest BCUT2D eigenvalue weighted by molar-refractivity contribution is 0.0913. The van der Waals surface area contributed by atoms with Crippen LogP contribution in [-0.2, 0) is 0 Å². The topological polar surface area (TPSA) is 70.5 Å². The standard InChI is InChI=1S/C11H12N2O3/c1-2-7-13(11(15)16)8-10(14)9-5-3-4-6-12-9/h2-6H,1,7-8H2,(H,15,16). The number of Topliss-reactive ketones (excluding diaryl/α,β-unsaturated/α-hetero) is 1. The van der Waals surface area contributed by atoms with E-state index < -0.39 is 6.09 Å². The minimum absolute atomic E-state index is 0.119. The van der Waals surface area contributed by atoms with Crippen LogP contribution < -0.4 is 0 Å². The van der Waals surface area contributed by atoms with Crippen molar-refractivity contribution in [3.05, 3.63) is 42.7 Å². The van der Waals surface area contributed by atoms with Gasteiger partial charge in [-0.05, 0) is 12.1 Å². The molecule has 0 fully saturated rings. The number of ketones is 1. The highest BCUT2D eigenvalue weighted by atomic mass is 16.4. The molecule has 1 aromatic rings. The second-order valence-corrected chi connectivity index (χ2v) is 3.09. The Kier molecular flexibility index (Phi) is 4.20. The molecule has 1 rings (SSSR count). The summed E-state index contributed by atoms with van der Waals surface area (Å²) in [4.78, 5) is 27.2. The van der Waals surface area contributed by atoms with Crippen LogP contribution in [0.25, 0.3) is 0 Å². The van der Waals surface area contributed by atoms with Crippen LogP contribution in [0.1, 0.15) is 10.5 Å². The Morgan fingerprint density at radius 1 is 1.50 bits per heavy atom. The van der Waals surface area contributed by atoms with E-state index in [2.05, 4.69) is 11.6 Å². The van der Waals surface area contributed by atoms with Crippen LogP contribution in [0.15, 0.2) is 37.1 Å². The molecule has 1 heterocycles. The van der Waals surface area contributed by atoms with E-state index in [1.165, 1.54) is 12.3 Å². The molecule has 0 aliphatic carbocycles. The van der Waals surface area contributed by atoms with Crippen LogP contribution in [-0.4, -0.2) is 40.0 Å². The molecule has 1 amide bonds. The van der Waals surface area contributed by atoms with Gasteiger partial charge in [0.2, 0.25) is 5.78 Å². The number of pyridine rings is 1. The van der Waals surface area contributed by atoms with Gasteiger partial charge in [-0.1, -0.05) is 12.1 Å². The number of nitrogens with zero attached hydrogens (tertiary/aromatic N) is 2. The summed E-state index contributed by atoms with van der Waals surface area (Å²) in [5.74, 6) is -0.329. The van der Waals surface area contributed by atoms with Gasteiger partial charge in [0.25, 0.3) is 0 Å². The summed E-state index contributed by atoms with van der Waals surface area (Å²) in [6.45, 7) is 3.34. The van der Waals surface area contributed by atoms with Crippen molar-refractivity contribution in [2.75, 3.05) is 13.1 Å². The number of rotatable bonds is 5. The van der Waals surface area contributed by atoms with Gasteiger partial charge in [0.1, 0.15) is 5.69 Å². The summed E-state index contributed by atoms with van der Waals surface area (Å²) < 4.78 is 0. The first-order valence-electron chi connectivity index (χ1n) is 4.68. The molecule has 16 heavy (non-hydrogen) atoms. The second kappa shape index (κ2) is 5.65. The van der Waals surface area contributed by atoms with Gasteiger partial charge in [0.15, 0.2) is 0 Å². The summed E-state index contributed by atoms with van der Waals surface area (Å²) >= 11 is 0. The summed E-state index contributed by atoms with van der Waals surface area (Å²) in [7, 11) is 0. The quantitative estimate of drug-likeness (QED) is 0.602. The molecule has 0 radical (unpaired) electrons. The highest BCUT2D eigenvalue weighted by Crippen LogP contribution is 1.99. The third-order valence-corrected chi connectivity index (χ3v) is 1.91. The molecule has 5 heteroatoms. The van der Waals surface area contributed by atoms with Crippen molar-refractivity contribution in [2.45, 2.75) is 0 Å². The van der Waals surface area contributed by atoms with Crippen molar-refractivity contribution in [1.29, 1.82) is 0 Å². The molecule has 0 aliphatic rings. The summed E-state index contributed by atoms with van der Waals surface area (Å²) in [6.07, 6.45) is 1.77. The van der Waals surface area contributed by atoms with E-state index in [-0.39, 0.29) is 24.6 Å². The van der Waals surface area contributed by atoms with Crippen molar-refractivity contribution in [2.24, 2.45) is 0 Å². The minimum Gasteiger partial charge on any atom is -0.465 e. The van der Waals surface area contributed by atoms with E-state index in [0.29, 0.717) is 0 Å². The monoisotopic (exact) mass is 220 g/mol. The van der Waals surface area contributed by atoms with Gasteiger partial charge in [-0.2, -0.15) is 0 Å². The Labute approximate surface area is 93.0 Å². The molecule has 0 atom stereocenters. The maximum absolute atomic E-state index is 11.6. The van der Waals surface area contributed by atoms with Crippen molar-refractivity contribution in [3.8, 4) is 0 Å². The van der Waals surface area contributed by atoms with Gasteiger partial charge in [-0.25, -0.2) is 4.79 Å². The lowest BCUT2D eigenvalue weighted by Gasteiger charge is -2.15. The maximum Gasteiger partial charge on any atom is 0.407 e. The molecule has 0 spiro atoms. The Balaban J connectivity index is 2.69. The van der Waals surface area contributed by atoms with Crippen LogP contribution in [0.2, 0.25) is 0 Å². The number of carboxylic acid groups (broad SMARTS) is 1. The van der Waals surface area contributed by atoms with Gasteiger partial charge in [-0.15, -0.1) is 6.58 Å². The second-order valence-electron chi connectivity index (χ2n) is 3.09. The van der Waals surface area contributed by atoms with Crippen molar-refractivity contribution in [1.82, 2.24) is 9.88 Å². The fourth-order valence-corrected chi connectivity index (χ4v) is 1.15. The average molecular weight is 220 g/mol. The molecule has 0 unspecified atom stereocenters. The van der Waals surface area contributed by atoms with Crippen LogP contribution in [0, 0.1) is 0 Å². The fraction of sp³-hybridized carbons (Fsp3) is 0.182. The number of carbonyl (C=O) groups is 2. The zero-order chi connectivity index (χ0) is 12.0. The van der Waals surface area contributed by atoms with Crippen LogP contribution >= 0.6 is 0 Å². The summed E-state index contributed by atoms with van der Waals surface area (Å²) in [6, 6.07) is 4.92. The van der Waals surface area contributed by atoms with E-state index in [9.17, 15) is 9.59 Å². The Morgan fingerprint density at radius 3 is 2.75 bits per heavy atom. The molecular formula is C11H12N2O3. The smallest absolute Gasteiger partial charge is 0.407 e. The fourth-order valence-electron chi connectivity index (χ4n) is 1.15. The SMILES string of the molecule is C=CCN(CC(=O)c1ccccn1)C(=O)O. The third-order valence-electron chi connectivity index (χ3n) is 1.91. The normalized spacial score (nSPS) is 9.50. The Morgan fingerprint density at radius 2 is 2.25 bits per heavy atom. The van der Waals surface area contributed by atoms with Crippen molar-refractivity contribution >= 4 is 11.9 Å². The lowest BCUT2D eigenvalue weighted by Crippen LogP contribution is -2.34. The number of carbonyl (C=O) groups excluding carboxylic acids is 1. The molecule has 1 aromatic heterocycles. The number of aromatic nitrogens is 1. The molecule has 0 saturated heterocycles. The molecule has 84 valence electrons. The zero-order valence-electron chi connectivity index (χ0n) is 8.67. The predicted octanol–water partition coefficient (Wildman–Crippen LogP) is 1.43. The largest absolute Gasteiger partial charge is 0.465 e. The molecular weight excluding hydrogens is 208 g/mol. The van der Waals surface area contributed by atoms with Crippen LogP contribution in [0.3, 0.4) is 0 Å². The third kappa shape index (κ3) is 3.20. The van der Waals surface area contributed by atoms with Gasteiger partial charge in [0, 0.05) is 12.7 Å².